The van der Waals surface area contributed by atoms with E-state index in [1.54, 1.807) is 0 Å². The molecule has 0 aromatic heterocycles. The van der Waals surface area contributed by atoms with Crippen LogP contribution in [0.5, 0.6) is 0 Å². The van der Waals surface area contributed by atoms with E-state index in [4.69, 9.17) is 19.6 Å². The lowest BCUT2D eigenvalue weighted by molar-refractivity contribution is -0.597. The van der Waals surface area contributed by atoms with Crippen LogP contribution in [0.1, 0.15) is 61.7 Å². The van der Waals surface area contributed by atoms with Crippen molar-refractivity contribution in [2.75, 3.05) is 0 Å². The van der Waals surface area contributed by atoms with E-state index in [0.717, 1.165) is 18.4 Å². The van der Waals surface area contributed by atoms with Crippen LogP contribution in [-0.4, -0.2) is 18.4 Å². The molecular formula is C18H24O5. The van der Waals surface area contributed by atoms with Crippen LogP contribution in [-0.2, 0) is 19.6 Å². The van der Waals surface area contributed by atoms with Gasteiger partial charge in [0.1, 0.15) is 0 Å². The van der Waals surface area contributed by atoms with Gasteiger partial charge in [-0.25, -0.2) is 0 Å². The highest BCUT2D eigenvalue weighted by atomic mass is 17.4. The Hall–Kier alpha value is -1.27. The molecule has 1 saturated heterocycles. The average Bonchev–Trinajstić information content (AvgIpc) is 2.64. The Labute approximate surface area is 136 Å². The molecule has 126 valence electrons. The SMILES string of the molecule is O=C(CCCC1OOC(C2CCCCC2)OO1)c1ccccc1. The van der Waals surface area contributed by atoms with Gasteiger partial charge in [-0.3, -0.25) is 4.79 Å². The van der Waals surface area contributed by atoms with Gasteiger partial charge in [-0.2, -0.15) is 19.6 Å². The van der Waals surface area contributed by atoms with Crippen LogP contribution in [0.15, 0.2) is 30.3 Å². The maximum Gasteiger partial charge on any atom is 0.227 e. The summed E-state index contributed by atoms with van der Waals surface area (Å²) in [5.74, 6) is 0.479. The normalized spacial score (nSPS) is 26.1. The summed E-state index contributed by atoms with van der Waals surface area (Å²) in [6.45, 7) is 0. The zero-order chi connectivity index (χ0) is 15.9. The Kier molecular flexibility index (Phi) is 6.16. The van der Waals surface area contributed by atoms with Crippen molar-refractivity contribution in [1.29, 1.82) is 0 Å². The first-order chi connectivity index (χ1) is 11.3. The summed E-state index contributed by atoms with van der Waals surface area (Å²) in [6, 6.07) is 9.30. The molecule has 0 radical (unpaired) electrons. The lowest BCUT2D eigenvalue weighted by Gasteiger charge is -2.33. The number of benzene rings is 1. The van der Waals surface area contributed by atoms with Gasteiger partial charge in [0.05, 0.1) is 0 Å². The molecular weight excluding hydrogens is 296 g/mol. The predicted molar refractivity (Wildman–Crippen MR) is 83.1 cm³/mol. The highest BCUT2D eigenvalue weighted by Crippen LogP contribution is 2.31. The molecule has 0 bridgehead atoms. The Morgan fingerprint density at radius 3 is 2.35 bits per heavy atom. The molecule has 0 spiro atoms. The maximum atomic E-state index is 12.0. The molecule has 1 aliphatic heterocycles. The number of hydrogen-bond donors (Lipinski definition) is 0. The maximum absolute atomic E-state index is 12.0. The van der Waals surface area contributed by atoms with Crippen molar-refractivity contribution in [3.05, 3.63) is 35.9 Å². The van der Waals surface area contributed by atoms with Crippen LogP contribution >= 0.6 is 0 Å². The molecule has 5 nitrogen and oxygen atoms in total. The third-order valence-corrected chi connectivity index (χ3v) is 4.49. The van der Waals surface area contributed by atoms with Crippen molar-refractivity contribution in [2.45, 2.75) is 63.9 Å². The van der Waals surface area contributed by atoms with E-state index in [1.165, 1.54) is 19.3 Å². The van der Waals surface area contributed by atoms with Gasteiger partial charge >= 0.3 is 0 Å². The minimum atomic E-state index is -0.557. The second kappa shape index (κ2) is 8.55. The fourth-order valence-corrected chi connectivity index (χ4v) is 3.12. The highest BCUT2D eigenvalue weighted by molar-refractivity contribution is 5.95. The van der Waals surface area contributed by atoms with Crippen molar-refractivity contribution in [3.8, 4) is 0 Å². The second-order valence-electron chi connectivity index (χ2n) is 6.26. The Morgan fingerprint density at radius 2 is 1.65 bits per heavy atom. The van der Waals surface area contributed by atoms with Crippen molar-refractivity contribution in [1.82, 2.24) is 0 Å². The fourth-order valence-electron chi connectivity index (χ4n) is 3.12. The third kappa shape index (κ3) is 4.85. The minimum Gasteiger partial charge on any atom is -0.294 e. The predicted octanol–water partition coefficient (Wildman–Crippen LogP) is 4.18. The van der Waals surface area contributed by atoms with Gasteiger partial charge < -0.3 is 0 Å². The van der Waals surface area contributed by atoms with E-state index < -0.39 is 12.6 Å². The van der Waals surface area contributed by atoms with Crippen LogP contribution in [0, 0.1) is 5.92 Å². The number of Topliss-reactive ketones (excluding diaryl/α,β-unsaturated/α-hetero) is 1. The van der Waals surface area contributed by atoms with E-state index >= 15 is 0 Å². The van der Waals surface area contributed by atoms with Crippen molar-refractivity contribution in [2.24, 2.45) is 5.92 Å². The van der Waals surface area contributed by atoms with Crippen LogP contribution in [0.4, 0.5) is 0 Å². The van der Waals surface area contributed by atoms with Crippen LogP contribution in [0.25, 0.3) is 0 Å². The highest BCUT2D eigenvalue weighted by Gasteiger charge is 2.32. The lowest BCUT2D eigenvalue weighted by atomic mass is 9.89. The summed E-state index contributed by atoms with van der Waals surface area (Å²) in [4.78, 5) is 33.2. The van der Waals surface area contributed by atoms with Gasteiger partial charge in [-0.15, -0.1) is 0 Å². The van der Waals surface area contributed by atoms with Gasteiger partial charge in [-0.05, 0) is 19.3 Å². The molecule has 1 aromatic carbocycles. The first-order valence-electron chi connectivity index (χ1n) is 8.55. The van der Waals surface area contributed by atoms with Gasteiger partial charge in [0, 0.05) is 24.3 Å². The Morgan fingerprint density at radius 1 is 0.957 bits per heavy atom. The van der Waals surface area contributed by atoms with E-state index in [0.29, 0.717) is 25.2 Å². The topological polar surface area (TPSA) is 54.0 Å². The van der Waals surface area contributed by atoms with E-state index in [9.17, 15) is 4.79 Å². The molecule has 1 heterocycles. The van der Waals surface area contributed by atoms with Gasteiger partial charge in [0.15, 0.2) is 5.78 Å². The van der Waals surface area contributed by atoms with E-state index in [-0.39, 0.29) is 5.78 Å². The first kappa shape index (κ1) is 16.6. The second-order valence-corrected chi connectivity index (χ2v) is 6.26. The fraction of sp³-hybridized carbons (Fsp3) is 0.611. The molecule has 0 unspecified atom stereocenters. The zero-order valence-corrected chi connectivity index (χ0v) is 13.3. The quantitative estimate of drug-likeness (QED) is 0.581. The standard InChI is InChI=1S/C18H24O5/c19-16(14-8-3-1-4-9-14)12-7-13-17-20-22-18(23-21-17)15-10-5-2-6-11-15/h1,3-4,8-9,15,17-18H,2,5-7,10-13H2. The monoisotopic (exact) mass is 320 g/mol. The van der Waals surface area contributed by atoms with Crippen LogP contribution in [0.2, 0.25) is 0 Å². The minimum absolute atomic E-state index is 0.128. The summed E-state index contributed by atoms with van der Waals surface area (Å²) in [7, 11) is 0. The number of carbonyl (C=O) groups is 1. The molecule has 0 N–H and O–H groups in total. The zero-order valence-electron chi connectivity index (χ0n) is 13.3. The average molecular weight is 320 g/mol. The van der Waals surface area contributed by atoms with E-state index in [2.05, 4.69) is 0 Å². The summed E-state index contributed by atoms with van der Waals surface area (Å²) in [5.41, 5.74) is 0.739. The Bertz CT molecular complexity index is 475. The summed E-state index contributed by atoms with van der Waals surface area (Å²) >= 11 is 0. The smallest absolute Gasteiger partial charge is 0.227 e. The molecule has 1 saturated carbocycles. The Balaban J connectivity index is 1.34. The molecule has 0 atom stereocenters. The number of ketones is 1. The summed E-state index contributed by atoms with van der Waals surface area (Å²) in [5, 5.41) is 0. The number of rotatable bonds is 6. The third-order valence-electron chi connectivity index (χ3n) is 4.49. The first-order valence-corrected chi connectivity index (χ1v) is 8.55. The summed E-state index contributed by atoms with van der Waals surface area (Å²) in [6.07, 6.45) is 6.59. The molecule has 1 aliphatic carbocycles. The van der Waals surface area contributed by atoms with Crippen LogP contribution < -0.4 is 0 Å². The number of carbonyl (C=O) groups excluding carboxylic acids is 1. The van der Waals surface area contributed by atoms with Gasteiger partial charge in [0.2, 0.25) is 12.6 Å². The molecule has 5 heteroatoms. The molecule has 0 amide bonds. The lowest BCUT2D eigenvalue weighted by Crippen LogP contribution is -2.37. The van der Waals surface area contributed by atoms with Crippen molar-refractivity contribution in [3.63, 3.8) is 0 Å². The molecule has 1 aromatic rings. The number of hydrogen-bond acceptors (Lipinski definition) is 5. The molecule has 3 rings (SSSR count). The summed E-state index contributed by atoms with van der Waals surface area (Å²) < 4.78 is 0. The molecule has 2 aliphatic rings. The molecule has 2 fully saturated rings. The van der Waals surface area contributed by atoms with Crippen molar-refractivity contribution < 1.29 is 24.3 Å². The van der Waals surface area contributed by atoms with Crippen molar-refractivity contribution >= 4 is 5.78 Å². The van der Waals surface area contributed by atoms with Gasteiger partial charge in [0.25, 0.3) is 0 Å². The van der Waals surface area contributed by atoms with E-state index in [1.807, 2.05) is 30.3 Å². The largest absolute Gasteiger partial charge is 0.294 e. The van der Waals surface area contributed by atoms with Crippen LogP contribution in [0.3, 0.4) is 0 Å². The van der Waals surface area contributed by atoms with Gasteiger partial charge in [-0.1, -0.05) is 49.6 Å². The molecule has 23 heavy (non-hydrogen) atoms.